The lowest BCUT2D eigenvalue weighted by atomic mass is 10.1. The van der Waals surface area contributed by atoms with Gasteiger partial charge in [0.05, 0.1) is 18.1 Å². The fourth-order valence-electron chi connectivity index (χ4n) is 2.91. The van der Waals surface area contributed by atoms with E-state index in [1.807, 2.05) is 0 Å². The van der Waals surface area contributed by atoms with E-state index in [0.717, 1.165) is 24.8 Å². The van der Waals surface area contributed by atoms with Crippen LogP contribution < -0.4 is 20.6 Å². The summed E-state index contributed by atoms with van der Waals surface area (Å²) < 4.78 is 16.1. The van der Waals surface area contributed by atoms with Crippen LogP contribution in [0, 0.1) is 0 Å². The molecule has 0 spiro atoms. The second kappa shape index (κ2) is 9.19. The van der Waals surface area contributed by atoms with E-state index < -0.39 is 0 Å². The molecule has 146 valence electrons. The van der Waals surface area contributed by atoms with Gasteiger partial charge in [-0.15, -0.1) is 0 Å². The number of rotatable bonds is 8. The van der Waals surface area contributed by atoms with Crippen LogP contribution in [0.3, 0.4) is 0 Å². The Morgan fingerprint density at radius 3 is 2.50 bits per heavy atom. The lowest BCUT2D eigenvalue weighted by Gasteiger charge is -2.07. The standard InChI is InChI=1S/C22H23NO5/c1-26-16-8-6-15(7-9-16)19-14-27-20-13-17(10-11-18(20)22(19)25)28-21(24)5-3-2-4-12-23/h6-11,13-14H,2-5,12,23H2,1H3. The molecule has 3 rings (SSSR count). The molecule has 0 unspecified atom stereocenters. The van der Waals surface area contributed by atoms with Gasteiger partial charge in [0.25, 0.3) is 0 Å². The number of fused-ring (bicyclic) bond motifs is 1. The van der Waals surface area contributed by atoms with Crippen LogP contribution in [0.15, 0.2) is 57.9 Å². The Bertz CT molecular complexity index is 1010. The van der Waals surface area contributed by atoms with Gasteiger partial charge in [0.15, 0.2) is 5.43 Å². The Morgan fingerprint density at radius 2 is 1.79 bits per heavy atom. The maximum Gasteiger partial charge on any atom is 0.311 e. The molecule has 0 aliphatic carbocycles. The highest BCUT2D eigenvalue weighted by Crippen LogP contribution is 2.24. The summed E-state index contributed by atoms with van der Waals surface area (Å²) in [5.41, 5.74) is 6.86. The lowest BCUT2D eigenvalue weighted by Crippen LogP contribution is -2.09. The first-order valence-corrected chi connectivity index (χ1v) is 9.23. The summed E-state index contributed by atoms with van der Waals surface area (Å²) in [6, 6.07) is 12.0. The molecule has 0 aliphatic heterocycles. The first-order valence-electron chi connectivity index (χ1n) is 9.23. The van der Waals surface area contributed by atoms with Crippen LogP contribution in [-0.2, 0) is 4.79 Å². The fraction of sp³-hybridized carbons (Fsp3) is 0.273. The molecule has 0 amide bonds. The van der Waals surface area contributed by atoms with Crippen molar-refractivity contribution in [3.63, 3.8) is 0 Å². The van der Waals surface area contributed by atoms with Crippen LogP contribution in [0.4, 0.5) is 0 Å². The molecule has 0 fully saturated rings. The molecule has 2 N–H and O–H groups in total. The van der Waals surface area contributed by atoms with E-state index in [1.165, 1.54) is 6.26 Å². The molecule has 0 saturated heterocycles. The zero-order chi connectivity index (χ0) is 19.9. The largest absolute Gasteiger partial charge is 0.497 e. The smallest absolute Gasteiger partial charge is 0.311 e. The van der Waals surface area contributed by atoms with Gasteiger partial charge < -0.3 is 19.6 Å². The number of benzene rings is 2. The van der Waals surface area contributed by atoms with E-state index in [0.29, 0.717) is 41.0 Å². The molecule has 28 heavy (non-hydrogen) atoms. The van der Waals surface area contributed by atoms with Crippen LogP contribution in [0.2, 0.25) is 0 Å². The van der Waals surface area contributed by atoms with Crippen molar-refractivity contribution in [1.82, 2.24) is 0 Å². The Morgan fingerprint density at radius 1 is 1.04 bits per heavy atom. The summed E-state index contributed by atoms with van der Waals surface area (Å²) in [6.45, 7) is 0.622. The predicted octanol–water partition coefficient (Wildman–Crippen LogP) is 3.89. The van der Waals surface area contributed by atoms with Crippen LogP contribution >= 0.6 is 0 Å². The van der Waals surface area contributed by atoms with Crippen molar-refractivity contribution in [2.45, 2.75) is 25.7 Å². The monoisotopic (exact) mass is 381 g/mol. The summed E-state index contributed by atoms with van der Waals surface area (Å²) >= 11 is 0. The molecule has 0 bridgehead atoms. The Hall–Kier alpha value is -3.12. The Labute approximate surface area is 162 Å². The third kappa shape index (κ3) is 4.58. The summed E-state index contributed by atoms with van der Waals surface area (Å²) in [5.74, 6) is 0.758. The van der Waals surface area contributed by atoms with Crippen LogP contribution in [0.1, 0.15) is 25.7 Å². The molecule has 6 heteroatoms. The van der Waals surface area contributed by atoms with E-state index in [9.17, 15) is 9.59 Å². The number of esters is 1. The van der Waals surface area contributed by atoms with Gasteiger partial charge >= 0.3 is 5.97 Å². The normalized spacial score (nSPS) is 10.8. The van der Waals surface area contributed by atoms with Gasteiger partial charge in [0.2, 0.25) is 0 Å². The maximum absolute atomic E-state index is 12.8. The quantitative estimate of drug-likeness (QED) is 0.361. The molecule has 0 aliphatic rings. The van der Waals surface area contributed by atoms with E-state index in [-0.39, 0.29) is 11.4 Å². The Kier molecular flexibility index (Phi) is 6.45. The number of nitrogens with two attached hydrogens (primary N) is 1. The summed E-state index contributed by atoms with van der Waals surface area (Å²) in [5, 5.41) is 0.427. The van der Waals surface area contributed by atoms with E-state index in [1.54, 1.807) is 49.6 Å². The number of carbonyl (C=O) groups excluding carboxylic acids is 1. The SMILES string of the molecule is COc1ccc(-c2coc3cc(OC(=O)CCCCCN)ccc3c2=O)cc1. The van der Waals surface area contributed by atoms with Gasteiger partial charge in [0, 0.05) is 12.5 Å². The van der Waals surface area contributed by atoms with Crippen molar-refractivity contribution in [2.75, 3.05) is 13.7 Å². The molecular weight excluding hydrogens is 358 g/mol. The maximum atomic E-state index is 12.8. The molecule has 2 aromatic carbocycles. The molecule has 0 atom stereocenters. The average molecular weight is 381 g/mol. The third-order valence-corrected chi connectivity index (χ3v) is 4.46. The van der Waals surface area contributed by atoms with Crippen molar-refractivity contribution < 1.29 is 18.7 Å². The highest BCUT2D eigenvalue weighted by atomic mass is 16.5. The lowest BCUT2D eigenvalue weighted by molar-refractivity contribution is -0.134. The van der Waals surface area contributed by atoms with Crippen molar-refractivity contribution in [3.05, 3.63) is 59.0 Å². The molecule has 6 nitrogen and oxygen atoms in total. The molecule has 1 aromatic heterocycles. The first-order chi connectivity index (χ1) is 13.6. The minimum absolute atomic E-state index is 0.147. The third-order valence-electron chi connectivity index (χ3n) is 4.46. The fourth-order valence-corrected chi connectivity index (χ4v) is 2.91. The predicted molar refractivity (Wildman–Crippen MR) is 108 cm³/mol. The van der Waals surface area contributed by atoms with E-state index in [2.05, 4.69) is 0 Å². The number of methoxy groups -OCH3 is 1. The topological polar surface area (TPSA) is 91.8 Å². The number of carbonyl (C=O) groups is 1. The molecule has 1 heterocycles. The summed E-state index contributed by atoms with van der Waals surface area (Å²) in [7, 11) is 1.59. The molecule has 0 radical (unpaired) electrons. The summed E-state index contributed by atoms with van der Waals surface area (Å²) in [4.78, 5) is 24.7. The first kappa shape index (κ1) is 19.6. The van der Waals surface area contributed by atoms with Crippen LogP contribution in [0.5, 0.6) is 11.5 Å². The molecule has 0 saturated carbocycles. The number of hydrogen-bond acceptors (Lipinski definition) is 6. The number of hydrogen-bond donors (Lipinski definition) is 1. The zero-order valence-corrected chi connectivity index (χ0v) is 15.8. The molecular formula is C22H23NO5. The van der Waals surface area contributed by atoms with Gasteiger partial charge in [-0.1, -0.05) is 18.6 Å². The highest BCUT2D eigenvalue weighted by Gasteiger charge is 2.12. The van der Waals surface area contributed by atoms with Crippen molar-refractivity contribution in [1.29, 1.82) is 0 Å². The van der Waals surface area contributed by atoms with Gasteiger partial charge in [0.1, 0.15) is 23.3 Å². The second-order valence-corrected chi connectivity index (χ2v) is 6.44. The van der Waals surface area contributed by atoms with E-state index >= 15 is 0 Å². The zero-order valence-electron chi connectivity index (χ0n) is 15.8. The minimum atomic E-state index is -0.312. The van der Waals surface area contributed by atoms with Crippen molar-refractivity contribution >= 4 is 16.9 Å². The van der Waals surface area contributed by atoms with Crippen molar-refractivity contribution in [3.8, 4) is 22.6 Å². The van der Waals surface area contributed by atoms with Gasteiger partial charge in [-0.05, 0) is 49.2 Å². The second-order valence-electron chi connectivity index (χ2n) is 6.44. The van der Waals surface area contributed by atoms with Gasteiger partial charge in [-0.2, -0.15) is 0 Å². The Balaban J connectivity index is 1.78. The summed E-state index contributed by atoms with van der Waals surface area (Å²) in [6.07, 6.45) is 4.28. The van der Waals surface area contributed by atoms with Gasteiger partial charge in [-0.25, -0.2) is 0 Å². The highest BCUT2D eigenvalue weighted by molar-refractivity contribution is 5.83. The van der Waals surface area contributed by atoms with Crippen LogP contribution in [0.25, 0.3) is 22.1 Å². The van der Waals surface area contributed by atoms with Crippen LogP contribution in [-0.4, -0.2) is 19.6 Å². The minimum Gasteiger partial charge on any atom is -0.497 e. The van der Waals surface area contributed by atoms with Crippen molar-refractivity contribution in [2.24, 2.45) is 5.73 Å². The average Bonchev–Trinajstić information content (AvgIpc) is 2.72. The molecule has 3 aromatic rings. The number of unbranched alkanes of at least 4 members (excludes halogenated alkanes) is 2. The van der Waals surface area contributed by atoms with E-state index in [4.69, 9.17) is 19.6 Å². The van der Waals surface area contributed by atoms with Gasteiger partial charge in [-0.3, -0.25) is 9.59 Å². The number of ether oxygens (including phenoxy) is 2.